The molecule has 1 aromatic carbocycles. The Morgan fingerprint density at radius 1 is 1.36 bits per heavy atom. The Bertz CT molecular complexity index is 314. The van der Waals surface area contributed by atoms with E-state index in [9.17, 15) is 4.79 Å². The van der Waals surface area contributed by atoms with E-state index in [-0.39, 0.29) is 12.4 Å². The summed E-state index contributed by atoms with van der Waals surface area (Å²) < 4.78 is 5.20. The molecule has 76 valence electrons. The van der Waals surface area contributed by atoms with E-state index >= 15 is 0 Å². The van der Waals surface area contributed by atoms with Crippen LogP contribution in [0.15, 0.2) is 18.2 Å². The van der Waals surface area contributed by atoms with Gasteiger partial charge < -0.3 is 10.5 Å². The highest BCUT2D eigenvalue weighted by Gasteiger charge is 2.08. The molecule has 2 N–H and O–H groups in total. The molecule has 0 aliphatic heterocycles. The van der Waals surface area contributed by atoms with Crippen molar-refractivity contribution < 1.29 is 9.53 Å². The van der Waals surface area contributed by atoms with Gasteiger partial charge in [-0.2, -0.15) is 0 Å². The monoisotopic (exact) mass is 193 g/mol. The number of para-hydroxylation sites is 1. The number of carbonyl (C=O) groups is 1. The molecule has 0 saturated heterocycles. The maximum absolute atomic E-state index is 11.2. The Kier molecular flexibility index (Phi) is 3.65. The fourth-order valence-electron chi connectivity index (χ4n) is 1.24. The number of hydrogen-bond acceptors (Lipinski definition) is 3. The quantitative estimate of drug-likeness (QED) is 0.585. The Labute approximate surface area is 83.9 Å². The molecule has 0 bridgehead atoms. The Balaban J connectivity index is 2.80. The SMILES string of the molecule is Cc1cccc(C)c1OC(=O)CCN. The van der Waals surface area contributed by atoms with E-state index in [0.717, 1.165) is 11.1 Å². The van der Waals surface area contributed by atoms with Gasteiger partial charge in [-0.05, 0) is 25.0 Å². The van der Waals surface area contributed by atoms with Crippen molar-refractivity contribution in [2.45, 2.75) is 20.3 Å². The summed E-state index contributed by atoms with van der Waals surface area (Å²) in [5.41, 5.74) is 7.19. The zero-order valence-electron chi connectivity index (χ0n) is 8.54. The van der Waals surface area contributed by atoms with Crippen molar-refractivity contribution in [3.05, 3.63) is 29.3 Å². The lowest BCUT2D eigenvalue weighted by Crippen LogP contribution is -2.14. The smallest absolute Gasteiger partial charge is 0.312 e. The first kappa shape index (κ1) is 10.7. The molecule has 0 aromatic heterocycles. The van der Waals surface area contributed by atoms with E-state index in [1.807, 2.05) is 32.0 Å². The van der Waals surface area contributed by atoms with Crippen LogP contribution in [-0.2, 0) is 4.79 Å². The van der Waals surface area contributed by atoms with Gasteiger partial charge in [0, 0.05) is 6.54 Å². The maximum Gasteiger partial charge on any atom is 0.312 e. The second-order valence-electron chi connectivity index (χ2n) is 3.23. The van der Waals surface area contributed by atoms with Crippen molar-refractivity contribution in [2.24, 2.45) is 5.73 Å². The predicted octanol–water partition coefficient (Wildman–Crippen LogP) is 1.56. The van der Waals surface area contributed by atoms with Crippen molar-refractivity contribution in [3.8, 4) is 5.75 Å². The Morgan fingerprint density at radius 2 is 1.93 bits per heavy atom. The normalized spacial score (nSPS) is 9.93. The van der Waals surface area contributed by atoms with E-state index in [1.54, 1.807) is 0 Å². The van der Waals surface area contributed by atoms with Gasteiger partial charge in [0.15, 0.2) is 0 Å². The first-order chi connectivity index (χ1) is 6.65. The van der Waals surface area contributed by atoms with Crippen LogP contribution in [0, 0.1) is 13.8 Å². The molecule has 1 aromatic rings. The molecular formula is C11H15NO2. The van der Waals surface area contributed by atoms with Gasteiger partial charge in [-0.25, -0.2) is 0 Å². The molecule has 0 unspecified atom stereocenters. The third-order valence-corrected chi connectivity index (χ3v) is 1.97. The molecule has 1 rings (SSSR count). The highest BCUT2D eigenvalue weighted by Crippen LogP contribution is 2.22. The topological polar surface area (TPSA) is 52.3 Å². The lowest BCUT2D eigenvalue weighted by atomic mass is 10.1. The minimum absolute atomic E-state index is 0.258. The summed E-state index contributed by atoms with van der Waals surface area (Å²) in [4.78, 5) is 11.2. The van der Waals surface area contributed by atoms with Gasteiger partial charge >= 0.3 is 5.97 Å². The first-order valence-electron chi connectivity index (χ1n) is 4.62. The molecule has 0 heterocycles. The van der Waals surface area contributed by atoms with Gasteiger partial charge in [0.1, 0.15) is 5.75 Å². The second kappa shape index (κ2) is 4.77. The number of ether oxygens (including phenoxy) is 1. The van der Waals surface area contributed by atoms with Crippen LogP contribution in [0.3, 0.4) is 0 Å². The summed E-state index contributed by atoms with van der Waals surface area (Å²) in [6, 6.07) is 5.76. The summed E-state index contributed by atoms with van der Waals surface area (Å²) in [7, 11) is 0. The lowest BCUT2D eigenvalue weighted by Gasteiger charge is -2.09. The van der Waals surface area contributed by atoms with Crippen LogP contribution < -0.4 is 10.5 Å². The molecular weight excluding hydrogens is 178 g/mol. The third kappa shape index (κ3) is 2.57. The van der Waals surface area contributed by atoms with Gasteiger partial charge in [0.2, 0.25) is 0 Å². The van der Waals surface area contributed by atoms with Gasteiger partial charge in [-0.3, -0.25) is 4.79 Å². The Hall–Kier alpha value is -1.35. The van der Waals surface area contributed by atoms with Gasteiger partial charge in [-0.1, -0.05) is 18.2 Å². The van der Waals surface area contributed by atoms with E-state index in [1.165, 1.54) is 0 Å². The van der Waals surface area contributed by atoms with Crippen molar-refractivity contribution in [3.63, 3.8) is 0 Å². The second-order valence-corrected chi connectivity index (χ2v) is 3.23. The van der Waals surface area contributed by atoms with Crippen LogP contribution in [0.25, 0.3) is 0 Å². The van der Waals surface area contributed by atoms with Crippen LogP contribution >= 0.6 is 0 Å². The minimum atomic E-state index is -0.273. The van der Waals surface area contributed by atoms with Crippen molar-refractivity contribution >= 4 is 5.97 Å². The number of hydrogen-bond donors (Lipinski definition) is 1. The average molecular weight is 193 g/mol. The number of aryl methyl sites for hydroxylation is 2. The molecule has 0 saturated carbocycles. The van der Waals surface area contributed by atoms with E-state index in [2.05, 4.69) is 0 Å². The fourth-order valence-corrected chi connectivity index (χ4v) is 1.24. The molecule has 3 heteroatoms. The maximum atomic E-state index is 11.2. The number of nitrogens with two attached hydrogens (primary N) is 1. The Morgan fingerprint density at radius 3 is 2.43 bits per heavy atom. The molecule has 0 fully saturated rings. The lowest BCUT2D eigenvalue weighted by molar-refractivity contribution is -0.134. The number of rotatable bonds is 3. The standard InChI is InChI=1S/C11H15NO2/c1-8-4-3-5-9(2)11(8)14-10(13)6-7-12/h3-5H,6-7,12H2,1-2H3. The zero-order valence-corrected chi connectivity index (χ0v) is 8.54. The summed E-state index contributed by atoms with van der Waals surface area (Å²) in [6.07, 6.45) is 0.258. The number of esters is 1. The zero-order chi connectivity index (χ0) is 10.6. The average Bonchev–Trinajstić information content (AvgIpc) is 2.12. The third-order valence-electron chi connectivity index (χ3n) is 1.97. The van der Waals surface area contributed by atoms with E-state index in [0.29, 0.717) is 12.3 Å². The number of carbonyl (C=O) groups excluding carboxylic acids is 1. The highest BCUT2D eigenvalue weighted by molar-refractivity contribution is 5.73. The number of benzene rings is 1. The highest BCUT2D eigenvalue weighted by atomic mass is 16.5. The molecule has 14 heavy (non-hydrogen) atoms. The molecule has 0 spiro atoms. The van der Waals surface area contributed by atoms with Gasteiger partial charge in [0.25, 0.3) is 0 Å². The molecule has 0 aliphatic carbocycles. The molecule has 0 radical (unpaired) electrons. The molecule has 0 aliphatic rings. The van der Waals surface area contributed by atoms with Crippen molar-refractivity contribution in [1.29, 1.82) is 0 Å². The minimum Gasteiger partial charge on any atom is -0.426 e. The molecule has 0 atom stereocenters. The molecule has 0 amide bonds. The summed E-state index contributed by atoms with van der Waals surface area (Å²) in [5, 5.41) is 0. The van der Waals surface area contributed by atoms with Crippen LogP contribution in [0.5, 0.6) is 5.75 Å². The summed E-state index contributed by atoms with van der Waals surface area (Å²) in [5.74, 6) is 0.385. The predicted molar refractivity (Wildman–Crippen MR) is 55.2 cm³/mol. The van der Waals surface area contributed by atoms with Crippen LogP contribution in [0.1, 0.15) is 17.5 Å². The van der Waals surface area contributed by atoms with E-state index in [4.69, 9.17) is 10.5 Å². The van der Waals surface area contributed by atoms with Crippen LogP contribution in [-0.4, -0.2) is 12.5 Å². The first-order valence-corrected chi connectivity index (χ1v) is 4.62. The molecule has 3 nitrogen and oxygen atoms in total. The fraction of sp³-hybridized carbons (Fsp3) is 0.364. The van der Waals surface area contributed by atoms with Gasteiger partial charge in [-0.15, -0.1) is 0 Å². The van der Waals surface area contributed by atoms with Crippen molar-refractivity contribution in [1.82, 2.24) is 0 Å². The van der Waals surface area contributed by atoms with Crippen LogP contribution in [0.4, 0.5) is 0 Å². The summed E-state index contributed by atoms with van der Waals surface area (Å²) in [6.45, 7) is 4.15. The van der Waals surface area contributed by atoms with Crippen LogP contribution in [0.2, 0.25) is 0 Å². The largest absolute Gasteiger partial charge is 0.426 e. The van der Waals surface area contributed by atoms with Gasteiger partial charge in [0.05, 0.1) is 6.42 Å². The van der Waals surface area contributed by atoms with E-state index < -0.39 is 0 Å². The summed E-state index contributed by atoms with van der Waals surface area (Å²) >= 11 is 0. The van der Waals surface area contributed by atoms with Crippen molar-refractivity contribution in [2.75, 3.05) is 6.54 Å².